The molecule has 2 amide bonds. The topological polar surface area (TPSA) is 85.2 Å². The van der Waals surface area contributed by atoms with Crippen LogP contribution in [0.2, 0.25) is 0 Å². The number of thiophene rings is 1. The van der Waals surface area contributed by atoms with Crippen LogP contribution in [0.3, 0.4) is 0 Å². The number of amides is 2. The number of rotatable bonds is 8. The second kappa shape index (κ2) is 11.2. The quantitative estimate of drug-likeness (QED) is 0.630. The molecule has 0 spiro atoms. The minimum absolute atomic E-state index is 0.0512. The van der Waals surface area contributed by atoms with Gasteiger partial charge in [0.2, 0.25) is 5.91 Å². The van der Waals surface area contributed by atoms with Crippen molar-refractivity contribution in [3.63, 3.8) is 0 Å². The summed E-state index contributed by atoms with van der Waals surface area (Å²) in [5, 5.41) is 16.4. The number of halogens is 2. The van der Waals surface area contributed by atoms with E-state index in [1.165, 1.54) is 11.4 Å². The van der Waals surface area contributed by atoms with Crippen LogP contribution in [0.1, 0.15) is 58.5 Å². The van der Waals surface area contributed by atoms with Crippen LogP contribution in [0.4, 0.5) is 8.78 Å². The maximum atomic E-state index is 12.6. The molecule has 1 aliphatic heterocycles. The molecule has 1 aromatic carbocycles. The summed E-state index contributed by atoms with van der Waals surface area (Å²) in [5.74, 6) is -0.728. The van der Waals surface area contributed by atoms with Crippen LogP contribution in [0.15, 0.2) is 35.7 Å². The Labute approximate surface area is 190 Å². The Balaban J connectivity index is 1.37. The van der Waals surface area contributed by atoms with Crippen LogP contribution in [0.25, 0.3) is 0 Å². The summed E-state index contributed by atoms with van der Waals surface area (Å²) in [6.07, 6.45) is -0.936. The van der Waals surface area contributed by atoms with Crippen LogP contribution in [-0.4, -0.2) is 48.9 Å². The molecule has 0 aliphatic carbocycles. The van der Waals surface area contributed by atoms with Crippen molar-refractivity contribution < 1.29 is 18.4 Å². The highest BCUT2D eigenvalue weighted by Crippen LogP contribution is 2.26. The van der Waals surface area contributed by atoms with Crippen LogP contribution in [0, 0.1) is 11.3 Å². The number of likely N-dealkylation sites (tertiary alicyclic amines) is 1. The van der Waals surface area contributed by atoms with Crippen molar-refractivity contribution in [1.82, 2.24) is 15.5 Å². The molecular weight excluding hydrogens is 434 g/mol. The standard InChI is InChI=1S/C23H26F2N4O2S/c1-15(17-4-2-3-16(11-17)13-26)22(30)28-19-5-8-29(9-6-19)10-7-27-23(31)18-12-20(21(24)25)32-14-18/h2-4,11-12,14-15,19,21H,5-10H2,1H3,(H,27,31)(H,28,30). The predicted octanol–water partition coefficient (Wildman–Crippen LogP) is 3.67. The summed E-state index contributed by atoms with van der Waals surface area (Å²) in [5.41, 5.74) is 1.62. The Hall–Kier alpha value is -2.83. The predicted molar refractivity (Wildman–Crippen MR) is 119 cm³/mol. The van der Waals surface area contributed by atoms with E-state index < -0.39 is 6.43 Å². The number of hydrogen-bond acceptors (Lipinski definition) is 5. The lowest BCUT2D eigenvalue weighted by Gasteiger charge is -2.32. The number of alkyl halides is 2. The third kappa shape index (κ3) is 6.34. The Morgan fingerprint density at radius 2 is 2.03 bits per heavy atom. The molecule has 2 aromatic rings. The molecule has 170 valence electrons. The van der Waals surface area contributed by atoms with E-state index in [1.807, 2.05) is 13.0 Å². The Bertz CT molecular complexity index is 980. The second-order valence-electron chi connectivity index (χ2n) is 7.88. The van der Waals surface area contributed by atoms with E-state index in [4.69, 9.17) is 5.26 Å². The number of benzene rings is 1. The smallest absolute Gasteiger partial charge is 0.272 e. The summed E-state index contributed by atoms with van der Waals surface area (Å²) < 4.78 is 25.3. The molecule has 0 bridgehead atoms. The molecule has 0 saturated carbocycles. The number of carbonyl (C=O) groups is 2. The fraction of sp³-hybridized carbons (Fsp3) is 0.435. The summed E-state index contributed by atoms with van der Waals surface area (Å²) >= 11 is 0.885. The Morgan fingerprint density at radius 3 is 2.69 bits per heavy atom. The van der Waals surface area contributed by atoms with Crippen LogP contribution in [-0.2, 0) is 4.79 Å². The maximum absolute atomic E-state index is 12.6. The fourth-order valence-corrected chi connectivity index (χ4v) is 4.41. The highest BCUT2D eigenvalue weighted by Gasteiger charge is 2.23. The van der Waals surface area contributed by atoms with E-state index in [-0.39, 0.29) is 34.2 Å². The number of piperidine rings is 1. The molecule has 1 saturated heterocycles. The number of nitriles is 1. The maximum Gasteiger partial charge on any atom is 0.272 e. The second-order valence-corrected chi connectivity index (χ2v) is 8.82. The van der Waals surface area contributed by atoms with E-state index in [0.717, 1.165) is 42.8 Å². The Morgan fingerprint density at radius 1 is 1.28 bits per heavy atom. The molecule has 1 unspecified atom stereocenters. The monoisotopic (exact) mass is 460 g/mol. The van der Waals surface area contributed by atoms with Gasteiger partial charge in [0.05, 0.1) is 28.0 Å². The molecule has 2 N–H and O–H groups in total. The van der Waals surface area contributed by atoms with Crippen LogP contribution >= 0.6 is 11.3 Å². The van der Waals surface area contributed by atoms with Crippen molar-refractivity contribution in [3.8, 4) is 6.07 Å². The molecule has 3 rings (SSSR count). The first-order valence-electron chi connectivity index (χ1n) is 10.5. The first-order valence-corrected chi connectivity index (χ1v) is 11.4. The molecule has 1 aliphatic rings. The lowest BCUT2D eigenvalue weighted by Crippen LogP contribution is -2.47. The molecular formula is C23H26F2N4O2S. The van der Waals surface area contributed by atoms with Crippen molar-refractivity contribution in [1.29, 1.82) is 5.26 Å². The first kappa shape index (κ1) is 23.8. The van der Waals surface area contributed by atoms with Gasteiger partial charge in [0.25, 0.3) is 12.3 Å². The van der Waals surface area contributed by atoms with Gasteiger partial charge in [0.1, 0.15) is 0 Å². The summed E-state index contributed by atoms with van der Waals surface area (Å²) in [4.78, 5) is 26.8. The van der Waals surface area contributed by atoms with Crippen LogP contribution < -0.4 is 10.6 Å². The molecule has 6 nitrogen and oxygen atoms in total. The average Bonchev–Trinajstić information content (AvgIpc) is 3.30. The van der Waals surface area contributed by atoms with Crippen molar-refractivity contribution in [3.05, 3.63) is 57.3 Å². The van der Waals surface area contributed by atoms with Crippen molar-refractivity contribution >= 4 is 23.2 Å². The van der Waals surface area contributed by atoms with Gasteiger partial charge < -0.3 is 15.5 Å². The van der Waals surface area contributed by atoms with Crippen molar-refractivity contribution in [2.75, 3.05) is 26.2 Å². The van der Waals surface area contributed by atoms with Gasteiger partial charge in [-0.2, -0.15) is 5.26 Å². The van der Waals surface area contributed by atoms with Crippen molar-refractivity contribution in [2.45, 2.75) is 38.2 Å². The minimum atomic E-state index is -2.56. The highest BCUT2D eigenvalue weighted by molar-refractivity contribution is 7.10. The summed E-state index contributed by atoms with van der Waals surface area (Å²) in [7, 11) is 0. The van der Waals surface area contributed by atoms with Gasteiger partial charge in [0, 0.05) is 37.6 Å². The molecule has 9 heteroatoms. The largest absolute Gasteiger partial charge is 0.353 e. The van der Waals surface area contributed by atoms with Gasteiger partial charge in [-0.05, 0) is 43.5 Å². The average molecular weight is 461 g/mol. The number of nitrogens with zero attached hydrogens (tertiary/aromatic N) is 2. The first-order chi connectivity index (χ1) is 15.4. The molecule has 1 fully saturated rings. The SMILES string of the molecule is CC(C(=O)NC1CCN(CCNC(=O)c2csc(C(F)F)c2)CC1)c1cccc(C#N)c1. The van der Waals surface area contributed by atoms with E-state index in [9.17, 15) is 18.4 Å². The van der Waals surface area contributed by atoms with Gasteiger partial charge in [-0.15, -0.1) is 11.3 Å². The van der Waals surface area contributed by atoms with E-state index in [1.54, 1.807) is 18.2 Å². The molecule has 2 heterocycles. The number of carbonyl (C=O) groups excluding carboxylic acids is 2. The molecule has 32 heavy (non-hydrogen) atoms. The fourth-order valence-electron chi connectivity index (χ4n) is 3.67. The molecule has 1 atom stereocenters. The van der Waals surface area contributed by atoms with Gasteiger partial charge >= 0.3 is 0 Å². The van der Waals surface area contributed by atoms with Gasteiger partial charge in [0.15, 0.2) is 0 Å². The summed E-state index contributed by atoms with van der Waals surface area (Å²) in [6.45, 7) is 4.53. The number of hydrogen-bond donors (Lipinski definition) is 2. The van der Waals surface area contributed by atoms with E-state index >= 15 is 0 Å². The van der Waals surface area contributed by atoms with Gasteiger partial charge in [-0.1, -0.05) is 12.1 Å². The molecule has 1 aromatic heterocycles. The third-order valence-corrected chi connectivity index (χ3v) is 6.59. The molecule has 0 radical (unpaired) electrons. The van der Waals surface area contributed by atoms with Gasteiger partial charge in [-0.3, -0.25) is 9.59 Å². The normalized spacial score (nSPS) is 15.8. The third-order valence-electron chi connectivity index (χ3n) is 5.65. The highest BCUT2D eigenvalue weighted by atomic mass is 32.1. The van der Waals surface area contributed by atoms with Crippen molar-refractivity contribution in [2.24, 2.45) is 0 Å². The van der Waals surface area contributed by atoms with E-state index in [2.05, 4.69) is 21.6 Å². The Kier molecular flexibility index (Phi) is 8.31. The lowest BCUT2D eigenvalue weighted by molar-refractivity contribution is -0.123. The van der Waals surface area contributed by atoms with Gasteiger partial charge in [-0.25, -0.2) is 8.78 Å². The minimum Gasteiger partial charge on any atom is -0.353 e. The zero-order valence-corrected chi connectivity index (χ0v) is 18.6. The summed E-state index contributed by atoms with van der Waals surface area (Å²) in [6, 6.07) is 10.5. The van der Waals surface area contributed by atoms with Crippen LogP contribution in [0.5, 0.6) is 0 Å². The van der Waals surface area contributed by atoms with E-state index in [0.29, 0.717) is 18.7 Å². The zero-order chi connectivity index (χ0) is 23.1. The zero-order valence-electron chi connectivity index (χ0n) is 17.8. The lowest BCUT2D eigenvalue weighted by atomic mass is 9.97. The number of nitrogens with one attached hydrogen (secondary N) is 2.